The monoisotopic (exact) mass is 417 g/mol. The van der Waals surface area contributed by atoms with Crippen molar-refractivity contribution in [3.63, 3.8) is 0 Å². The Morgan fingerprint density at radius 1 is 1.20 bits per heavy atom. The lowest BCUT2D eigenvalue weighted by Gasteiger charge is -2.39. The van der Waals surface area contributed by atoms with Gasteiger partial charge in [0.05, 0.1) is 5.92 Å². The molecule has 5 nitrogen and oxygen atoms in total. The van der Waals surface area contributed by atoms with Crippen molar-refractivity contribution in [1.82, 2.24) is 15.1 Å². The average Bonchev–Trinajstić information content (AvgIpc) is 2.72. The maximum Gasteiger partial charge on any atom is 0.225 e. The number of nitrogens with one attached hydrogen (secondary N) is 1. The second-order valence-corrected chi connectivity index (χ2v) is 9.38. The van der Waals surface area contributed by atoms with Crippen LogP contribution in [-0.2, 0) is 16.1 Å². The lowest BCUT2D eigenvalue weighted by Crippen LogP contribution is -2.53. The molecule has 0 radical (unpaired) electrons. The standard InChI is InChI=1S/C24H36FN3O2/c1-17(2)15-28-18(3)21(8-9-23(28)29)24(30)26-14-19-10-12-27(13-11-19)16-20-6-4-5-7-22(20)25/h4-7,17-19,21H,8-16H2,1-3H3,(H,26,30)/t18-,21-/m1/s1. The van der Waals surface area contributed by atoms with E-state index < -0.39 is 0 Å². The topological polar surface area (TPSA) is 52.7 Å². The van der Waals surface area contributed by atoms with Crippen molar-refractivity contribution in [1.29, 1.82) is 0 Å². The molecular formula is C24H36FN3O2. The summed E-state index contributed by atoms with van der Waals surface area (Å²) in [6.45, 7) is 10.1. The smallest absolute Gasteiger partial charge is 0.225 e. The largest absolute Gasteiger partial charge is 0.356 e. The minimum atomic E-state index is -0.140. The number of nitrogens with zero attached hydrogens (tertiary/aromatic N) is 2. The van der Waals surface area contributed by atoms with E-state index in [0.29, 0.717) is 44.3 Å². The zero-order valence-corrected chi connectivity index (χ0v) is 18.6. The fourth-order valence-electron chi connectivity index (χ4n) is 4.71. The number of carbonyl (C=O) groups excluding carboxylic acids is 2. The Balaban J connectivity index is 1.43. The third kappa shape index (κ3) is 5.81. The summed E-state index contributed by atoms with van der Waals surface area (Å²) in [4.78, 5) is 29.3. The van der Waals surface area contributed by atoms with Crippen LogP contribution in [0.3, 0.4) is 0 Å². The first-order chi connectivity index (χ1) is 14.3. The van der Waals surface area contributed by atoms with E-state index in [0.717, 1.165) is 31.5 Å². The molecule has 1 aromatic carbocycles. The number of rotatable bonds is 7. The van der Waals surface area contributed by atoms with E-state index in [9.17, 15) is 14.0 Å². The van der Waals surface area contributed by atoms with Gasteiger partial charge in [-0.3, -0.25) is 14.5 Å². The number of benzene rings is 1. The Kier molecular flexibility index (Phi) is 7.87. The van der Waals surface area contributed by atoms with Crippen LogP contribution in [0.4, 0.5) is 4.39 Å². The van der Waals surface area contributed by atoms with Gasteiger partial charge in [0, 0.05) is 37.7 Å². The van der Waals surface area contributed by atoms with Crippen LogP contribution in [0.1, 0.15) is 52.0 Å². The molecule has 0 aromatic heterocycles. The van der Waals surface area contributed by atoms with E-state index in [2.05, 4.69) is 24.1 Å². The molecule has 0 spiro atoms. The van der Waals surface area contributed by atoms with E-state index in [1.54, 1.807) is 6.07 Å². The molecule has 0 unspecified atom stereocenters. The fraction of sp³-hybridized carbons (Fsp3) is 0.667. The van der Waals surface area contributed by atoms with Crippen LogP contribution in [-0.4, -0.2) is 53.8 Å². The molecule has 2 amide bonds. The number of likely N-dealkylation sites (tertiary alicyclic amines) is 2. The normalized spacial score (nSPS) is 23.8. The highest BCUT2D eigenvalue weighted by Gasteiger charge is 2.37. The van der Waals surface area contributed by atoms with Gasteiger partial charge in [-0.05, 0) is 57.2 Å². The molecule has 0 aliphatic carbocycles. The van der Waals surface area contributed by atoms with Gasteiger partial charge in [-0.1, -0.05) is 32.0 Å². The summed E-state index contributed by atoms with van der Waals surface area (Å²) in [6.07, 6.45) is 3.12. The number of amides is 2. The van der Waals surface area contributed by atoms with Gasteiger partial charge in [0.25, 0.3) is 0 Å². The first-order valence-electron chi connectivity index (χ1n) is 11.4. The van der Waals surface area contributed by atoms with Gasteiger partial charge in [0.15, 0.2) is 0 Å². The quantitative estimate of drug-likeness (QED) is 0.739. The Morgan fingerprint density at radius 2 is 1.90 bits per heavy atom. The van der Waals surface area contributed by atoms with Gasteiger partial charge in [0.2, 0.25) is 11.8 Å². The Morgan fingerprint density at radius 3 is 2.57 bits per heavy atom. The summed E-state index contributed by atoms with van der Waals surface area (Å²) in [6, 6.07) is 6.91. The zero-order valence-electron chi connectivity index (χ0n) is 18.6. The Labute approximate surface area is 180 Å². The minimum Gasteiger partial charge on any atom is -0.356 e. The van der Waals surface area contributed by atoms with Crippen molar-refractivity contribution in [3.05, 3.63) is 35.6 Å². The summed E-state index contributed by atoms with van der Waals surface area (Å²) in [5, 5.41) is 3.16. The van der Waals surface area contributed by atoms with Crippen molar-refractivity contribution in [2.75, 3.05) is 26.2 Å². The number of piperidine rings is 2. The van der Waals surface area contributed by atoms with E-state index in [-0.39, 0.29) is 29.6 Å². The third-order valence-corrected chi connectivity index (χ3v) is 6.59. The van der Waals surface area contributed by atoms with Crippen LogP contribution in [0.5, 0.6) is 0 Å². The minimum absolute atomic E-state index is 0.0451. The molecule has 1 aromatic rings. The molecule has 2 atom stereocenters. The van der Waals surface area contributed by atoms with E-state index in [1.165, 1.54) is 6.07 Å². The molecule has 2 heterocycles. The Bertz CT molecular complexity index is 731. The van der Waals surface area contributed by atoms with Crippen molar-refractivity contribution < 1.29 is 14.0 Å². The molecule has 1 N–H and O–H groups in total. The van der Waals surface area contributed by atoms with Gasteiger partial charge in [-0.2, -0.15) is 0 Å². The molecule has 0 bridgehead atoms. The second kappa shape index (κ2) is 10.4. The predicted octanol–water partition coefficient (Wildman–Crippen LogP) is 3.44. The highest BCUT2D eigenvalue weighted by molar-refractivity contribution is 5.84. The molecule has 6 heteroatoms. The highest BCUT2D eigenvalue weighted by atomic mass is 19.1. The maximum absolute atomic E-state index is 13.9. The first kappa shape index (κ1) is 22.7. The predicted molar refractivity (Wildman–Crippen MR) is 116 cm³/mol. The summed E-state index contributed by atoms with van der Waals surface area (Å²) in [5.41, 5.74) is 0.746. The van der Waals surface area contributed by atoms with Gasteiger partial charge < -0.3 is 10.2 Å². The highest BCUT2D eigenvalue weighted by Crippen LogP contribution is 2.26. The Hall–Kier alpha value is -1.95. The first-order valence-corrected chi connectivity index (χ1v) is 11.4. The van der Waals surface area contributed by atoms with Gasteiger partial charge in [-0.15, -0.1) is 0 Å². The molecule has 30 heavy (non-hydrogen) atoms. The number of carbonyl (C=O) groups is 2. The number of halogens is 1. The van der Waals surface area contributed by atoms with Crippen LogP contribution in [0, 0.1) is 23.6 Å². The second-order valence-electron chi connectivity index (χ2n) is 9.38. The molecule has 3 rings (SSSR count). The summed E-state index contributed by atoms with van der Waals surface area (Å²) < 4.78 is 13.9. The molecule has 2 fully saturated rings. The summed E-state index contributed by atoms with van der Waals surface area (Å²) in [7, 11) is 0. The van der Waals surface area contributed by atoms with Crippen molar-refractivity contribution in [2.45, 2.75) is 59.0 Å². The van der Waals surface area contributed by atoms with Gasteiger partial charge in [0.1, 0.15) is 5.82 Å². The average molecular weight is 418 g/mol. The number of hydrogen-bond acceptors (Lipinski definition) is 3. The lowest BCUT2D eigenvalue weighted by molar-refractivity contribution is -0.143. The molecule has 2 saturated heterocycles. The molecule has 0 saturated carbocycles. The van der Waals surface area contributed by atoms with E-state index >= 15 is 0 Å². The third-order valence-electron chi connectivity index (χ3n) is 6.59. The van der Waals surface area contributed by atoms with E-state index in [4.69, 9.17) is 0 Å². The van der Waals surface area contributed by atoms with Crippen LogP contribution in [0.25, 0.3) is 0 Å². The lowest BCUT2D eigenvalue weighted by atomic mass is 9.88. The molecular weight excluding hydrogens is 381 g/mol. The van der Waals surface area contributed by atoms with Crippen LogP contribution in [0.2, 0.25) is 0 Å². The number of hydrogen-bond donors (Lipinski definition) is 1. The molecule has 2 aliphatic rings. The van der Waals surface area contributed by atoms with Crippen molar-refractivity contribution in [3.8, 4) is 0 Å². The van der Waals surface area contributed by atoms with Gasteiger partial charge >= 0.3 is 0 Å². The SMILES string of the molecule is CC(C)CN1C(=O)CC[C@@H](C(=O)NCC2CCN(Cc3ccccc3F)CC2)[C@H]1C. The molecule has 2 aliphatic heterocycles. The fourth-order valence-corrected chi connectivity index (χ4v) is 4.71. The summed E-state index contributed by atoms with van der Waals surface area (Å²) >= 11 is 0. The molecule has 166 valence electrons. The maximum atomic E-state index is 13.9. The van der Waals surface area contributed by atoms with Crippen LogP contribution < -0.4 is 5.32 Å². The van der Waals surface area contributed by atoms with Crippen LogP contribution >= 0.6 is 0 Å². The van der Waals surface area contributed by atoms with Crippen LogP contribution in [0.15, 0.2) is 24.3 Å². The van der Waals surface area contributed by atoms with Gasteiger partial charge in [-0.25, -0.2) is 4.39 Å². The van der Waals surface area contributed by atoms with Crippen molar-refractivity contribution in [2.24, 2.45) is 17.8 Å². The zero-order chi connectivity index (χ0) is 21.7. The van der Waals surface area contributed by atoms with E-state index in [1.807, 2.05) is 24.0 Å². The summed E-state index contributed by atoms with van der Waals surface area (Å²) in [5.74, 6) is 0.840. The van der Waals surface area contributed by atoms with Crippen molar-refractivity contribution >= 4 is 11.8 Å².